The maximum absolute atomic E-state index is 17.8. The Morgan fingerprint density at radius 2 is 0.710 bits per heavy atom. The number of hydrogen-bond acceptors (Lipinski definition) is 6. The van der Waals surface area contributed by atoms with E-state index in [1.165, 1.54) is 21.9 Å². The summed E-state index contributed by atoms with van der Waals surface area (Å²) in [6.45, 7) is -0.420. The molecule has 0 unspecified atom stereocenters. The summed E-state index contributed by atoms with van der Waals surface area (Å²) < 4.78 is 17.8. The lowest BCUT2D eigenvalue weighted by Gasteiger charge is -2.46. The summed E-state index contributed by atoms with van der Waals surface area (Å²) in [5.74, 6) is -0.311. The molecule has 4 aliphatic rings. The number of halogens is 1. The lowest BCUT2D eigenvalue weighted by molar-refractivity contribution is 0.629. The standard InChI is InChI=1S/C84H56B2FN5S/c87-72-42-22-26-46-76(72)92-77-56-81-71(86-69-41-21-25-45-75(69)91(63-37-17-6-18-38-63)80-53-66(54-82(93-81)84(80)86)88(60-31-11-3-12-32-60)61-33-13-4-14-34-61)55-70(77)85-68-40-20-24-44-74(68)90(62-35-15-5-16-36-62)78-51-65(52-79(92)83(78)85)89(64-49-47-58(48-50-64)57-27-7-1-8-28-57)73-43-23-19-39-67(73)59-29-9-2-10-30-59/h1-56H. The van der Waals surface area contributed by atoms with Gasteiger partial charge in [0.05, 0.1) is 17.1 Å². The quantitative estimate of drug-likeness (QED) is 0.119. The van der Waals surface area contributed by atoms with Crippen molar-refractivity contribution in [3.05, 3.63) is 346 Å². The zero-order valence-electron chi connectivity index (χ0n) is 50.5. The van der Waals surface area contributed by atoms with Gasteiger partial charge in [-0.2, -0.15) is 0 Å². The second-order valence-electron chi connectivity index (χ2n) is 24.1. The van der Waals surface area contributed by atoms with Crippen LogP contribution in [0.2, 0.25) is 0 Å². The molecular formula is C84H56B2FN5S. The molecule has 0 saturated heterocycles. The molecule has 0 N–H and O–H groups in total. The first-order valence-electron chi connectivity index (χ1n) is 31.7. The molecule has 14 aromatic carbocycles. The van der Waals surface area contributed by atoms with Gasteiger partial charge in [0, 0.05) is 83.6 Å². The molecule has 0 spiro atoms. The van der Waals surface area contributed by atoms with Gasteiger partial charge in [-0.25, -0.2) is 4.39 Å². The number of para-hydroxylation sites is 8. The third-order valence-corrected chi connectivity index (χ3v) is 20.0. The first-order valence-corrected chi connectivity index (χ1v) is 32.6. The summed E-state index contributed by atoms with van der Waals surface area (Å²) in [7, 11) is 0. The molecule has 0 aliphatic carbocycles. The molecule has 0 fully saturated rings. The number of benzene rings is 14. The van der Waals surface area contributed by atoms with E-state index in [0.29, 0.717) is 5.69 Å². The van der Waals surface area contributed by atoms with Crippen molar-refractivity contribution in [2.24, 2.45) is 0 Å². The molecule has 0 atom stereocenters. The average molecular weight is 1210 g/mol. The van der Waals surface area contributed by atoms with Crippen LogP contribution in [0, 0.1) is 5.82 Å². The predicted octanol–water partition coefficient (Wildman–Crippen LogP) is 18.9. The van der Waals surface area contributed by atoms with Gasteiger partial charge in [0.2, 0.25) is 6.71 Å². The monoisotopic (exact) mass is 1210 g/mol. The Morgan fingerprint density at radius 3 is 1.30 bits per heavy atom. The van der Waals surface area contributed by atoms with Crippen molar-refractivity contribution in [3.63, 3.8) is 0 Å². The van der Waals surface area contributed by atoms with Gasteiger partial charge in [0.15, 0.2) is 0 Å². The van der Waals surface area contributed by atoms with Crippen LogP contribution in [0.1, 0.15) is 0 Å². The van der Waals surface area contributed by atoms with E-state index in [1.54, 1.807) is 12.1 Å². The summed E-state index contributed by atoms with van der Waals surface area (Å²) in [5.41, 5.74) is 26.5. The Balaban J connectivity index is 0.916. The summed E-state index contributed by atoms with van der Waals surface area (Å²) in [5, 5.41) is 0. The van der Waals surface area contributed by atoms with Crippen molar-refractivity contribution in [1.29, 1.82) is 0 Å². The van der Waals surface area contributed by atoms with Gasteiger partial charge in [-0.15, -0.1) is 0 Å². The minimum atomic E-state index is -0.311. The lowest BCUT2D eigenvalue weighted by atomic mass is 9.31. The molecule has 14 aromatic rings. The molecule has 4 aliphatic heterocycles. The number of nitrogens with zero attached hydrogens (tertiary/aromatic N) is 5. The van der Waals surface area contributed by atoms with Crippen LogP contribution in [-0.2, 0) is 0 Å². The van der Waals surface area contributed by atoms with Crippen molar-refractivity contribution in [3.8, 4) is 22.3 Å². The summed E-state index contributed by atoms with van der Waals surface area (Å²) in [6.07, 6.45) is 0. The topological polar surface area (TPSA) is 16.2 Å². The van der Waals surface area contributed by atoms with E-state index in [1.807, 2.05) is 23.9 Å². The van der Waals surface area contributed by atoms with Crippen LogP contribution >= 0.6 is 11.8 Å². The van der Waals surface area contributed by atoms with Crippen LogP contribution in [0.15, 0.2) is 350 Å². The molecule has 0 bridgehead atoms. The molecule has 0 amide bonds. The molecule has 4 heterocycles. The van der Waals surface area contributed by atoms with Crippen LogP contribution in [0.25, 0.3) is 22.3 Å². The van der Waals surface area contributed by atoms with E-state index < -0.39 is 0 Å². The Labute approximate surface area is 546 Å². The van der Waals surface area contributed by atoms with Gasteiger partial charge in [0.1, 0.15) is 5.82 Å². The highest BCUT2D eigenvalue weighted by Gasteiger charge is 2.48. The van der Waals surface area contributed by atoms with Crippen molar-refractivity contribution < 1.29 is 4.39 Å². The Hall–Kier alpha value is -11.5. The molecule has 0 saturated carbocycles. The van der Waals surface area contributed by atoms with Crippen molar-refractivity contribution in [1.82, 2.24) is 0 Å². The maximum atomic E-state index is 17.8. The van der Waals surface area contributed by atoms with E-state index >= 15 is 4.39 Å². The number of fused-ring (bicyclic) bond motifs is 8. The third kappa shape index (κ3) is 9.02. The number of rotatable bonds is 11. The largest absolute Gasteiger partial charge is 0.311 e. The van der Waals surface area contributed by atoms with Crippen LogP contribution in [0.5, 0.6) is 0 Å². The van der Waals surface area contributed by atoms with Gasteiger partial charge in [0.25, 0.3) is 6.71 Å². The highest BCUT2D eigenvalue weighted by atomic mass is 32.2. The fraction of sp³-hybridized carbons (Fsp3) is 0. The summed E-state index contributed by atoms with van der Waals surface area (Å²) in [4.78, 5) is 14.2. The van der Waals surface area contributed by atoms with E-state index in [2.05, 4.69) is 340 Å². The van der Waals surface area contributed by atoms with Gasteiger partial charge in [-0.3, -0.25) is 0 Å². The average Bonchev–Trinajstić information content (AvgIpc) is 0.693. The highest BCUT2D eigenvalue weighted by molar-refractivity contribution is 8.00. The van der Waals surface area contributed by atoms with Gasteiger partial charge in [-0.1, -0.05) is 236 Å². The Kier molecular flexibility index (Phi) is 13.1. The fourth-order valence-corrected chi connectivity index (χ4v) is 16.2. The lowest BCUT2D eigenvalue weighted by Crippen LogP contribution is -2.64. The van der Waals surface area contributed by atoms with Gasteiger partial charge >= 0.3 is 0 Å². The van der Waals surface area contributed by atoms with Gasteiger partial charge < -0.3 is 24.5 Å². The molecule has 93 heavy (non-hydrogen) atoms. The normalized spacial score (nSPS) is 12.8. The van der Waals surface area contributed by atoms with E-state index in [9.17, 15) is 0 Å². The molecule has 0 aromatic heterocycles. The minimum Gasteiger partial charge on any atom is -0.311 e. The van der Waals surface area contributed by atoms with Crippen LogP contribution in [0.4, 0.5) is 89.7 Å². The van der Waals surface area contributed by atoms with E-state index in [4.69, 9.17) is 0 Å². The van der Waals surface area contributed by atoms with Crippen molar-refractivity contribution in [2.75, 3.05) is 24.5 Å². The predicted molar refractivity (Wildman–Crippen MR) is 391 cm³/mol. The molecule has 9 heteroatoms. The second kappa shape index (κ2) is 22.5. The van der Waals surface area contributed by atoms with Crippen LogP contribution in [0.3, 0.4) is 0 Å². The minimum absolute atomic E-state index is 0.153. The Morgan fingerprint density at radius 1 is 0.269 bits per heavy atom. The molecular weight excluding hydrogens is 1150 g/mol. The highest BCUT2D eigenvalue weighted by Crippen LogP contribution is 2.52. The molecule has 18 rings (SSSR count). The second-order valence-corrected chi connectivity index (χ2v) is 25.2. The van der Waals surface area contributed by atoms with Crippen molar-refractivity contribution in [2.45, 2.75) is 9.79 Å². The van der Waals surface area contributed by atoms with Crippen LogP contribution in [-0.4, -0.2) is 13.4 Å². The van der Waals surface area contributed by atoms with E-state index in [-0.39, 0.29) is 19.2 Å². The fourth-order valence-electron chi connectivity index (χ4n) is 15.0. The molecule has 5 nitrogen and oxygen atoms in total. The first-order chi connectivity index (χ1) is 46.1. The molecule has 0 radical (unpaired) electrons. The van der Waals surface area contributed by atoms with Crippen molar-refractivity contribution >= 4 is 143 Å². The van der Waals surface area contributed by atoms with Crippen LogP contribution < -0.4 is 57.3 Å². The number of anilines is 15. The number of hydrogen-bond donors (Lipinski definition) is 0. The Bertz CT molecular complexity index is 5140. The first kappa shape index (κ1) is 54.4. The third-order valence-electron chi connectivity index (χ3n) is 18.9. The maximum Gasteiger partial charge on any atom is 0.252 e. The summed E-state index contributed by atoms with van der Waals surface area (Å²) >= 11 is 1.82. The van der Waals surface area contributed by atoms with E-state index in [0.717, 1.165) is 123 Å². The SMILES string of the molecule is Fc1ccccc1N1c2cc3c(cc2B2c4ccccc4N(c4ccccc4)c4cc(N(c5ccc(-c6ccccc6)cc5)c5ccccc5-c5ccccc5)cc1c42)B1c2ccccc2N(c2ccccc2)c2cc(N(c4ccccc4)c4ccccc4)cc(c21)S3. The zero-order valence-corrected chi connectivity index (χ0v) is 51.3. The smallest absolute Gasteiger partial charge is 0.252 e. The van der Waals surface area contributed by atoms with Gasteiger partial charge in [-0.05, 0) is 165 Å². The summed E-state index contributed by atoms with van der Waals surface area (Å²) in [6, 6.07) is 122. The zero-order chi connectivity index (χ0) is 61.5. The molecule has 436 valence electrons.